The van der Waals surface area contributed by atoms with Gasteiger partial charge in [0.15, 0.2) is 0 Å². The van der Waals surface area contributed by atoms with E-state index in [-0.39, 0.29) is 0 Å². The predicted octanol–water partition coefficient (Wildman–Crippen LogP) is 6.13. The Kier molecular flexibility index (Phi) is 7.85. The molecule has 0 aromatic rings. The van der Waals surface area contributed by atoms with Crippen LogP contribution in [0.15, 0.2) is 12.7 Å². The number of allylic oxidation sites excluding steroid dienone is 1. The number of unbranched alkanes of at least 4 members (excludes halogenated alkanes) is 1. The lowest BCUT2D eigenvalue weighted by atomic mass is 9.77. The Morgan fingerprint density at radius 3 is 2.00 bits per heavy atom. The van der Waals surface area contributed by atoms with Gasteiger partial charge in [-0.05, 0) is 75.5 Å². The largest absolute Gasteiger partial charge is 0.378 e. The highest BCUT2D eigenvalue weighted by Crippen LogP contribution is 2.35. The summed E-state index contributed by atoms with van der Waals surface area (Å²) in [6.07, 6.45) is 19.4. The second-order valence-electron chi connectivity index (χ2n) is 7.46. The first-order valence-electron chi connectivity index (χ1n) is 9.56. The second kappa shape index (κ2) is 9.66. The summed E-state index contributed by atoms with van der Waals surface area (Å²) in [5.74, 6) is 2.82. The Bertz CT molecular complexity index is 270. The molecule has 0 N–H and O–H groups in total. The SMILES string of the molecule is C=C[C@H]1CC[C@H](CC[C@H]2CC[C@H](OCCCC)CC2)CC1. The number of hydrogen-bond acceptors (Lipinski definition) is 1. The van der Waals surface area contributed by atoms with Crippen molar-refractivity contribution in [1.29, 1.82) is 0 Å². The highest BCUT2D eigenvalue weighted by molar-refractivity contribution is 4.84. The van der Waals surface area contributed by atoms with E-state index < -0.39 is 0 Å². The van der Waals surface area contributed by atoms with Crippen molar-refractivity contribution in [2.24, 2.45) is 17.8 Å². The molecule has 0 amide bonds. The van der Waals surface area contributed by atoms with Crippen molar-refractivity contribution in [2.45, 2.75) is 90.1 Å². The minimum absolute atomic E-state index is 0.579. The van der Waals surface area contributed by atoms with Crippen LogP contribution < -0.4 is 0 Å². The zero-order valence-electron chi connectivity index (χ0n) is 14.2. The summed E-state index contributed by atoms with van der Waals surface area (Å²) in [7, 11) is 0. The van der Waals surface area contributed by atoms with Gasteiger partial charge in [0.25, 0.3) is 0 Å². The molecule has 0 heterocycles. The first-order chi connectivity index (χ1) is 10.3. The average Bonchev–Trinajstić information content (AvgIpc) is 2.55. The Balaban J connectivity index is 1.54. The van der Waals surface area contributed by atoms with E-state index in [1.165, 1.54) is 77.0 Å². The summed E-state index contributed by atoms with van der Waals surface area (Å²) in [4.78, 5) is 0. The normalized spacial score (nSPS) is 33.8. The maximum Gasteiger partial charge on any atom is 0.0575 e. The molecule has 0 bridgehead atoms. The fourth-order valence-electron chi connectivity index (χ4n) is 4.17. The lowest BCUT2D eigenvalue weighted by Crippen LogP contribution is -2.23. The zero-order valence-corrected chi connectivity index (χ0v) is 14.2. The number of rotatable bonds is 8. The van der Waals surface area contributed by atoms with Crippen LogP contribution in [0.1, 0.15) is 84.0 Å². The van der Waals surface area contributed by atoms with Gasteiger partial charge in [-0.3, -0.25) is 0 Å². The standard InChI is InChI=1S/C20H36O/c1-3-5-16-21-20-14-12-19(13-15-20)11-10-18-8-6-17(4-2)7-9-18/h4,17-20H,2-3,5-16H2,1H3/t17-,18-,19-,20-. The maximum absolute atomic E-state index is 5.98. The summed E-state index contributed by atoms with van der Waals surface area (Å²) < 4.78 is 5.98. The van der Waals surface area contributed by atoms with E-state index in [4.69, 9.17) is 4.74 Å². The van der Waals surface area contributed by atoms with Gasteiger partial charge in [0.1, 0.15) is 0 Å². The van der Waals surface area contributed by atoms with Crippen LogP contribution >= 0.6 is 0 Å². The topological polar surface area (TPSA) is 9.23 Å². The third-order valence-corrected chi connectivity index (χ3v) is 5.85. The van der Waals surface area contributed by atoms with Crippen LogP contribution in [-0.2, 0) is 4.74 Å². The van der Waals surface area contributed by atoms with Crippen LogP contribution in [0.25, 0.3) is 0 Å². The first-order valence-corrected chi connectivity index (χ1v) is 9.56. The number of ether oxygens (including phenoxy) is 1. The highest BCUT2D eigenvalue weighted by Gasteiger charge is 2.24. The zero-order chi connectivity index (χ0) is 14.9. The smallest absolute Gasteiger partial charge is 0.0575 e. The molecule has 0 saturated heterocycles. The van der Waals surface area contributed by atoms with E-state index in [2.05, 4.69) is 19.6 Å². The summed E-state index contributed by atoms with van der Waals surface area (Å²) in [5, 5.41) is 0. The van der Waals surface area contributed by atoms with E-state index in [1.54, 1.807) is 0 Å². The molecule has 0 atom stereocenters. The Morgan fingerprint density at radius 2 is 1.48 bits per heavy atom. The summed E-state index contributed by atoms with van der Waals surface area (Å²) in [5.41, 5.74) is 0. The van der Waals surface area contributed by atoms with Gasteiger partial charge in [-0.15, -0.1) is 6.58 Å². The van der Waals surface area contributed by atoms with Crippen molar-refractivity contribution >= 4 is 0 Å². The van der Waals surface area contributed by atoms with Crippen molar-refractivity contribution in [3.05, 3.63) is 12.7 Å². The summed E-state index contributed by atoms with van der Waals surface area (Å²) >= 11 is 0. The van der Waals surface area contributed by atoms with E-state index >= 15 is 0 Å². The minimum atomic E-state index is 0.579. The van der Waals surface area contributed by atoms with Crippen molar-refractivity contribution in [3.63, 3.8) is 0 Å². The van der Waals surface area contributed by atoms with Gasteiger partial charge >= 0.3 is 0 Å². The van der Waals surface area contributed by atoms with Gasteiger partial charge in [0.2, 0.25) is 0 Å². The van der Waals surface area contributed by atoms with E-state index in [9.17, 15) is 0 Å². The van der Waals surface area contributed by atoms with Crippen molar-refractivity contribution < 1.29 is 4.74 Å². The van der Waals surface area contributed by atoms with Crippen LogP contribution in [0, 0.1) is 17.8 Å². The average molecular weight is 293 g/mol. The lowest BCUT2D eigenvalue weighted by molar-refractivity contribution is 0.0151. The molecule has 122 valence electrons. The molecule has 21 heavy (non-hydrogen) atoms. The Hall–Kier alpha value is -0.300. The molecule has 2 aliphatic carbocycles. The highest BCUT2D eigenvalue weighted by atomic mass is 16.5. The van der Waals surface area contributed by atoms with Crippen molar-refractivity contribution in [2.75, 3.05) is 6.61 Å². The molecule has 2 saturated carbocycles. The summed E-state index contributed by atoms with van der Waals surface area (Å²) in [6.45, 7) is 7.17. The lowest BCUT2D eigenvalue weighted by Gasteiger charge is -2.31. The molecule has 1 heteroatoms. The second-order valence-corrected chi connectivity index (χ2v) is 7.46. The van der Waals surface area contributed by atoms with Gasteiger partial charge in [0, 0.05) is 6.61 Å². The fourth-order valence-corrected chi connectivity index (χ4v) is 4.17. The molecule has 0 aromatic heterocycles. The van der Waals surface area contributed by atoms with Gasteiger partial charge in [-0.2, -0.15) is 0 Å². The fraction of sp³-hybridized carbons (Fsp3) is 0.900. The maximum atomic E-state index is 5.98. The monoisotopic (exact) mass is 292 g/mol. The quantitative estimate of drug-likeness (QED) is 0.386. The van der Waals surface area contributed by atoms with E-state index in [0.29, 0.717) is 6.10 Å². The van der Waals surface area contributed by atoms with Crippen LogP contribution in [0.5, 0.6) is 0 Å². The molecule has 0 aliphatic heterocycles. The van der Waals surface area contributed by atoms with Crippen LogP contribution in [0.2, 0.25) is 0 Å². The predicted molar refractivity (Wildman–Crippen MR) is 91.5 cm³/mol. The molecule has 2 fully saturated rings. The molecule has 1 nitrogen and oxygen atoms in total. The summed E-state index contributed by atoms with van der Waals surface area (Å²) in [6, 6.07) is 0. The molecule has 0 unspecified atom stereocenters. The molecule has 0 spiro atoms. The van der Waals surface area contributed by atoms with Crippen LogP contribution in [0.3, 0.4) is 0 Å². The van der Waals surface area contributed by atoms with Crippen molar-refractivity contribution in [1.82, 2.24) is 0 Å². The van der Waals surface area contributed by atoms with Gasteiger partial charge in [0.05, 0.1) is 6.10 Å². The third-order valence-electron chi connectivity index (χ3n) is 5.85. The van der Waals surface area contributed by atoms with E-state index in [1.807, 2.05) is 0 Å². The molecule has 0 aromatic carbocycles. The van der Waals surface area contributed by atoms with Crippen LogP contribution in [-0.4, -0.2) is 12.7 Å². The molecule has 0 radical (unpaired) electrons. The minimum Gasteiger partial charge on any atom is -0.378 e. The van der Waals surface area contributed by atoms with Crippen LogP contribution in [0.4, 0.5) is 0 Å². The molecular formula is C20H36O. The van der Waals surface area contributed by atoms with Gasteiger partial charge in [-0.1, -0.05) is 32.3 Å². The van der Waals surface area contributed by atoms with Crippen molar-refractivity contribution in [3.8, 4) is 0 Å². The molecule has 2 aliphatic rings. The van der Waals surface area contributed by atoms with Gasteiger partial charge in [-0.25, -0.2) is 0 Å². The van der Waals surface area contributed by atoms with E-state index in [0.717, 1.165) is 24.4 Å². The molecule has 2 rings (SSSR count). The Morgan fingerprint density at radius 1 is 0.905 bits per heavy atom. The third kappa shape index (κ3) is 6.14. The van der Waals surface area contributed by atoms with Gasteiger partial charge < -0.3 is 4.74 Å². The Labute approximate surface area is 132 Å². The first kappa shape index (κ1) is 17.1. The number of hydrogen-bond donors (Lipinski definition) is 0. The molecular weight excluding hydrogens is 256 g/mol.